The third-order valence-corrected chi connectivity index (χ3v) is 3.98. The Bertz CT molecular complexity index is 726. The van der Waals surface area contributed by atoms with Gasteiger partial charge in [0.15, 0.2) is 11.5 Å². The quantitative estimate of drug-likeness (QED) is 0.904. The molecular weight excluding hydrogens is 296 g/mol. The molecule has 7 nitrogen and oxygen atoms in total. The second-order valence-corrected chi connectivity index (χ2v) is 5.55. The molecular formula is C16H20N4O3. The molecule has 1 aromatic heterocycles. The Balaban J connectivity index is 1.54. The van der Waals surface area contributed by atoms with E-state index < -0.39 is 0 Å². The van der Waals surface area contributed by atoms with Crippen LogP contribution in [0.25, 0.3) is 0 Å². The Hall–Kier alpha value is -2.70. The maximum atomic E-state index is 12.0. The molecule has 2 aromatic rings. The first-order chi connectivity index (χ1) is 11.0. The molecule has 1 atom stereocenters. The van der Waals surface area contributed by atoms with Crippen molar-refractivity contribution in [3.8, 4) is 11.5 Å². The first kappa shape index (κ1) is 15.2. The van der Waals surface area contributed by atoms with E-state index >= 15 is 0 Å². The number of fused-ring (bicyclic) bond motifs is 1. The minimum atomic E-state index is -0.224. The van der Waals surface area contributed by atoms with Crippen molar-refractivity contribution in [3.05, 3.63) is 41.2 Å². The summed E-state index contributed by atoms with van der Waals surface area (Å²) in [5.74, 6) is 1.45. The van der Waals surface area contributed by atoms with Gasteiger partial charge in [-0.15, -0.1) is 0 Å². The first-order valence-corrected chi connectivity index (χ1v) is 7.46. The summed E-state index contributed by atoms with van der Waals surface area (Å²) in [7, 11) is 1.88. The van der Waals surface area contributed by atoms with Crippen LogP contribution in [-0.4, -0.2) is 22.6 Å². The number of nitrogens with zero attached hydrogens (tertiary/aromatic N) is 2. The van der Waals surface area contributed by atoms with E-state index in [1.807, 2.05) is 39.1 Å². The zero-order valence-corrected chi connectivity index (χ0v) is 13.4. The van der Waals surface area contributed by atoms with Gasteiger partial charge >= 0.3 is 6.03 Å². The zero-order chi connectivity index (χ0) is 16.4. The van der Waals surface area contributed by atoms with E-state index in [9.17, 15) is 4.79 Å². The lowest BCUT2D eigenvalue weighted by atomic mass is 10.1. The molecule has 0 saturated heterocycles. The van der Waals surface area contributed by atoms with Gasteiger partial charge in [-0.1, -0.05) is 6.07 Å². The van der Waals surface area contributed by atoms with E-state index in [0.29, 0.717) is 12.3 Å². The fourth-order valence-corrected chi connectivity index (χ4v) is 2.50. The molecule has 0 radical (unpaired) electrons. The lowest BCUT2D eigenvalue weighted by Crippen LogP contribution is -2.36. The van der Waals surface area contributed by atoms with E-state index in [1.165, 1.54) is 0 Å². The highest BCUT2D eigenvalue weighted by molar-refractivity contribution is 5.74. The molecule has 2 heterocycles. The van der Waals surface area contributed by atoms with Crippen LogP contribution in [0.2, 0.25) is 0 Å². The summed E-state index contributed by atoms with van der Waals surface area (Å²) in [6.45, 7) is 4.57. The Labute approximate surface area is 134 Å². The molecule has 2 amide bonds. The minimum Gasteiger partial charge on any atom is -0.454 e. The number of aromatic nitrogens is 2. The zero-order valence-electron chi connectivity index (χ0n) is 13.4. The molecule has 1 aromatic carbocycles. The molecule has 0 spiro atoms. The van der Waals surface area contributed by atoms with Crippen molar-refractivity contribution >= 4 is 6.03 Å². The lowest BCUT2D eigenvalue weighted by molar-refractivity contribution is 0.174. The summed E-state index contributed by atoms with van der Waals surface area (Å²) in [5.41, 5.74) is 2.99. The number of carbonyl (C=O) groups is 1. The van der Waals surface area contributed by atoms with Gasteiger partial charge in [-0.2, -0.15) is 5.10 Å². The Morgan fingerprint density at radius 1 is 1.39 bits per heavy atom. The first-order valence-electron chi connectivity index (χ1n) is 7.46. The largest absolute Gasteiger partial charge is 0.454 e. The molecule has 1 aliphatic heterocycles. The monoisotopic (exact) mass is 316 g/mol. The molecule has 122 valence electrons. The van der Waals surface area contributed by atoms with Crippen molar-refractivity contribution < 1.29 is 14.3 Å². The van der Waals surface area contributed by atoms with Gasteiger partial charge in [-0.05, 0) is 31.5 Å². The van der Waals surface area contributed by atoms with Crippen molar-refractivity contribution in [2.75, 3.05) is 6.79 Å². The van der Waals surface area contributed by atoms with Gasteiger partial charge in [-0.25, -0.2) is 4.79 Å². The van der Waals surface area contributed by atoms with Crippen LogP contribution in [0.3, 0.4) is 0 Å². The van der Waals surface area contributed by atoms with Gasteiger partial charge in [0.2, 0.25) is 6.79 Å². The molecule has 3 rings (SSSR count). The van der Waals surface area contributed by atoms with E-state index in [4.69, 9.17) is 9.47 Å². The minimum absolute atomic E-state index is 0.111. The summed E-state index contributed by atoms with van der Waals surface area (Å²) in [6, 6.07) is 5.29. The maximum absolute atomic E-state index is 12.0. The van der Waals surface area contributed by atoms with Gasteiger partial charge in [-0.3, -0.25) is 4.68 Å². The summed E-state index contributed by atoms with van der Waals surface area (Å²) in [4.78, 5) is 12.0. The number of hydrogen-bond acceptors (Lipinski definition) is 4. The number of benzene rings is 1. The highest BCUT2D eigenvalue weighted by atomic mass is 16.7. The van der Waals surface area contributed by atoms with E-state index in [-0.39, 0.29) is 18.9 Å². The predicted molar refractivity (Wildman–Crippen MR) is 84.3 cm³/mol. The van der Waals surface area contributed by atoms with E-state index in [2.05, 4.69) is 15.7 Å². The molecule has 0 saturated carbocycles. The van der Waals surface area contributed by atoms with Gasteiger partial charge in [0.05, 0.1) is 12.2 Å². The number of carbonyl (C=O) groups excluding carboxylic acids is 1. The summed E-state index contributed by atoms with van der Waals surface area (Å²) in [6.07, 6.45) is 1.78. The Morgan fingerprint density at radius 3 is 2.91 bits per heavy atom. The highest BCUT2D eigenvalue weighted by Gasteiger charge is 2.15. The smallest absolute Gasteiger partial charge is 0.315 e. The maximum Gasteiger partial charge on any atom is 0.315 e. The normalized spacial score (nSPS) is 13.7. The third kappa shape index (κ3) is 3.23. The fraction of sp³-hybridized carbons (Fsp3) is 0.375. The summed E-state index contributed by atoms with van der Waals surface area (Å²) < 4.78 is 12.4. The molecule has 1 aliphatic rings. The van der Waals surface area contributed by atoms with Crippen molar-refractivity contribution in [2.24, 2.45) is 7.05 Å². The number of urea groups is 1. The van der Waals surface area contributed by atoms with Crippen molar-refractivity contribution in [1.29, 1.82) is 0 Å². The van der Waals surface area contributed by atoms with E-state index in [0.717, 1.165) is 22.6 Å². The fourth-order valence-electron chi connectivity index (χ4n) is 2.50. The predicted octanol–water partition coefficient (Wildman–Crippen LogP) is 2.02. The number of amides is 2. The number of nitrogens with one attached hydrogen (secondary N) is 2. The van der Waals surface area contributed by atoms with Gasteiger partial charge in [0, 0.05) is 24.8 Å². The van der Waals surface area contributed by atoms with Crippen LogP contribution in [0.4, 0.5) is 4.79 Å². The Morgan fingerprint density at radius 2 is 2.17 bits per heavy atom. The third-order valence-electron chi connectivity index (χ3n) is 3.98. The SMILES string of the molecule is Cc1c([C@@H](C)NC(=O)NCc2ccc3c(c2)OCO3)cnn1C. The Kier molecular flexibility index (Phi) is 4.10. The number of hydrogen-bond donors (Lipinski definition) is 2. The molecule has 0 aliphatic carbocycles. The number of ether oxygens (including phenoxy) is 2. The summed E-state index contributed by atoms with van der Waals surface area (Å²) >= 11 is 0. The average molecular weight is 316 g/mol. The average Bonchev–Trinajstić information content (AvgIpc) is 3.12. The van der Waals surface area contributed by atoms with Gasteiger partial charge < -0.3 is 20.1 Å². The van der Waals surface area contributed by atoms with E-state index in [1.54, 1.807) is 10.9 Å². The van der Waals surface area contributed by atoms with Crippen LogP contribution in [0.15, 0.2) is 24.4 Å². The second kappa shape index (κ2) is 6.20. The van der Waals surface area contributed by atoms with Crippen molar-refractivity contribution in [1.82, 2.24) is 20.4 Å². The van der Waals surface area contributed by atoms with Crippen LogP contribution >= 0.6 is 0 Å². The van der Waals surface area contributed by atoms with Crippen molar-refractivity contribution in [3.63, 3.8) is 0 Å². The van der Waals surface area contributed by atoms with Crippen LogP contribution in [0.1, 0.15) is 29.8 Å². The van der Waals surface area contributed by atoms with Gasteiger partial charge in [0.25, 0.3) is 0 Å². The van der Waals surface area contributed by atoms with Crippen molar-refractivity contribution in [2.45, 2.75) is 26.4 Å². The molecule has 0 fully saturated rings. The topological polar surface area (TPSA) is 77.4 Å². The number of rotatable bonds is 4. The summed E-state index contributed by atoms with van der Waals surface area (Å²) in [5, 5.41) is 9.95. The van der Waals surface area contributed by atoms with Crippen LogP contribution in [0, 0.1) is 6.92 Å². The molecule has 23 heavy (non-hydrogen) atoms. The van der Waals surface area contributed by atoms with Crippen LogP contribution in [-0.2, 0) is 13.6 Å². The van der Waals surface area contributed by atoms with Crippen LogP contribution < -0.4 is 20.1 Å². The highest BCUT2D eigenvalue weighted by Crippen LogP contribution is 2.32. The van der Waals surface area contributed by atoms with Crippen LogP contribution in [0.5, 0.6) is 11.5 Å². The molecule has 0 bridgehead atoms. The van der Waals surface area contributed by atoms with Gasteiger partial charge in [0.1, 0.15) is 0 Å². The molecule has 0 unspecified atom stereocenters. The molecule has 7 heteroatoms. The number of aryl methyl sites for hydroxylation is 1. The lowest BCUT2D eigenvalue weighted by Gasteiger charge is -2.14. The molecule has 2 N–H and O–H groups in total. The second-order valence-electron chi connectivity index (χ2n) is 5.55. The standard InChI is InChI=1S/C16H20N4O3/c1-10(13-8-18-20(3)11(13)2)19-16(21)17-7-12-4-5-14-15(6-12)23-9-22-14/h4-6,8,10H,7,9H2,1-3H3,(H2,17,19,21)/t10-/m1/s1.